The van der Waals surface area contributed by atoms with Crippen LogP contribution in [0.1, 0.15) is 29.5 Å². The van der Waals surface area contributed by atoms with Gasteiger partial charge in [-0.25, -0.2) is 0 Å². The zero-order valence-electron chi connectivity index (χ0n) is 18.6. The van der Waals surface area contributed by atoms with E-state index in [0.29, 0.717) is 5.25 Å². The maximum atomic E-state index is 3.55. The number of thioether (sulfide) groups is 1. The number of piperidine rings is 1. The van der Waals surface area contributed by atoms with Gasteiger partial charge in [0.25, 0.3) is 0 Å². The summed E-state index contributed by atoms with van der Waals surface area (Å²) in [5.41, 5.74) is 3.71. The highest BCUT2D eigenvalue weighted by Crippen LogP contribution is 2.44. The lowest BCUT2D eigenvalue weighted by molar-refractivity contribution is 0.130. The molecular weight excluding hydrogens is 486 g/mol. The molecule has 0 atom stereocenters. The van der Waals surface area contributed by atoms with Crippen molar-refractivity contribution in [2.75, 3.05) is 13.1 Å². The predicted molar refractivity (Wildman–Crippen MR) is 144 cm³/mol. The lowest BCUT2D eigenvalue weighted by Crippen LogP contribution is -2.51. The number of hydrogen-bond acceptors (Lipinski definition) is 2. The van der Waals surface area contributed by atoms with Crippen LogP contribution < -0.4 is 0 Å². The molecule has 4 aromatic rings. The van der Waals surface area contributed by atoms with Crippen LogP contribution >= 0.6 is 27.7 Å². The second-order valence-corrected chi connectivity index (χ2v) is 10.9. The van der Waals surface area contributed by atoms with Gasteiger partial charge in [0.2, 0.25) is 0 Å². The van der Waals surface area contributed by atoms with Crippen LogP contribution in [0.2, 0.25) is 0 Å². The summed E-state index contributed by atoms with van der Waals surface area (Å²) in [4.78, 5) is 4.07. The first-order chi connectivity index (χ1) is 16.3. The summed E-state index contributed by atoms with van der Waals surface area (Å²) < 4.78 is 1.14. The van der Waals surface area contributed by atoms with E-state index in [9.17, 15) is 0 Å². The van der Waals surface area contributed by atoms with Crippen molar-refractivity contribution >= 4 is 27.7 Å². The molecule has 1 nitrogen and oxygen atoms in total. The largest absolute Gasteiger partial charge is 0.286 e. The van der Waals surface area contributed by atoms with Gasteiger partial charge < -0.3 is 0 Å². The van der Waals surface area contributed by atoms with E-state index >= 15 is 0 Å². The first-order valence-corrected chi connectivity index (χ1v) is 13.3. The van der Waals surface area contributed by atoms with Crippen molar-refractivity contribution in [2.24, 2.45) is 0 Å². The Morgan fingerprint density at radius 2 is 1.03 bits per heavy atom. The van der Waals surface area contributed by atoms with Crippen LogP contribution in [-0.4, -0.2) is 23.2 Å². The summed E-state index contributed by atoms with van der Waals surface area (Å²) in [6.07, 6.45) is 2.35. The molecule has 0 amide bonds. The Balaban J connectivity index is 1.51. The Morgan fingerprint density at radius 3 is 1.45 bits per heavy atom. The zero-order valence-corrected chi connectivity index (χ0v) is 21.0. The summed E-state index contributed by atoms with van der Waals surface area (Å²) in [7, 11) is 0. The van der Waals surface area contributed by atoms with Crippen molar-refractivity contribution in [2.45, 2.75) is 28.5 Å². The van der Waals surface area contributed by atoms with Gasteiger partial charge >= 0.3 is 0 Å². The molecule has 166 valence electrons. The minimum Gasteiger partial charge on any atom is -0.286 e. The van der Waals surface area contributed by atoms with Gasteiger partial charge in [-0.15, -0.1) is 11.8 Å². The lowest BCUT2D eigenvalue weighted by Gasteiger charge is -2.48. The van der Waals surface area contributed by atoms with E-state index < -0.39 is 0 Å². The molecule has 1 aliphatic heterocycles. The highest BCUT2D eigenvalue weighted by Gasteiger charge is 2.43. The molecule has 0 radical (unpaired) electrons. The van der Waals surface area contributed by atoms with E-state index in [1.807, 2.05) is 11.8 Å². The van der Waals surface area contributed by atoms with Gasteiger partial charge in [-0.1, -0.05) is 107 Å². The highest BCUT2D eigenvalue weighted by molar-refractivity contribution is 9.10. The van der Waals surface area contributed by atoms with E-state index in [4.69, 9.17) is 0 Å². The molecule has 1 aliphatic rings. The van der Waals surface area contributed by atoms with Gasteiger partial charge in [0.1, 0.15) is 0 Å². The van der Waals surface area contributed by atoms with Crippen molar-refractivity contribution in [3.05, 3.63) is 136 Å². The molecule has 1 heterocycles. The molecule has 4 aromatic carbocycles. The lowest BCUT2D eigenvalue weighted by atomic mass is 9.75. The molecular formula is C30H28BrNS. The maximum absolute atomic E-state index is 3.55. The zero-order chi connectivity index (χ0) is 22.5. The second kappa shape index (κ2) is 10.3. The third kappa shape index (κ3) is 4.68. The predicted octanol–water partition coefficient (Wildman–Crippen LogP) is 8.00. The Kier molecular flexibility index (Phi) is 7.01. The molecule has 0 bridgehead atoms. The van der Waals surface area contributed by atoms with Crippen LogP contribution in [0.3, 0.4) is 0 Å². The van der Waals surface area contributed by atoms with Crippen LogP contribution in [0.5, 0.6) is 0 Å². The van der Waals surface area contributed by atoms with Gasteiger partial charge in [-0.2, -0.15) is 0 Å². The fraction of sp³-hybridized carbons (Fsp3) is 0.200. The average molecular weight is 515 g/mol. The summed E-state index contributed by atoms with van der Waals surface area (Å²) in [5, 5.41) is 0.641. The van der Waals surface area contributed by atoms with Crippen LogP contribution in [0.4, 0.5) is 0 Å². The average Bonchev–Trinajstić information content (AvgIpc) is 2.89. The van der Waals surface area contributed by atoms with Crippen molar-refractivity contribution in [1.82, 2.24) is 4.90 Å². The van der Waals surface area contributed by atoms with Gasteiger partial charge in [0, 0.05) is 27.7 Å². The molecule has 0 saturated carbocycles. The van der Waals surface area contributed by atoms with E-state index in [-0.39, 0.29) is 5.54 Å². The number of likely N-dealkylation sites (tertiary alicyclic amines) is 1. The normalized spacial score (nSPS) is 15.4. The number of hydrogen-bond donors (Lipinski definition) is 0. The van der Waals surface area contributed by atoms with Gasteiger partial charge in [-0.3, -0.25) is 4.90 Å². The third-order valence-corrected chi connectivity index (χ3v) is 8.49. The van der Waals surface area contributed by atoms with Gasteiger partial charge in [0.15, 0.2) is 0 Å². The molecule has 0 N–H and O–H groups in total. The SMILES string of the molecule is Brc1ccc(SC2CCN(C(c3ccccc3)(c3ccccc3)c3ccccc3)CC2)cc1. The Labute approximate surface area is 210 Å². The summed E-state index contributed by atoms with van der Waals surface area (Å²) in [6, 6.07) is 41.9. The topological polar surface area (TPSA) is 3.24 Å². The van der Waals surface area contributed by atoms with E-state index in [1.54, 1.807) is 0 Å². The van der Waals surface area contributed by atoms with Gasteiger partial charge in [0.05, 0.1) is 5.54 Å². The molecule has 0 unspecified atom stereocenters. The Bertz CT molecular complexity index is 1040. The van der Waals surface area contributed by atoms with E-state index in [2.05, 4.69) is 136 Å². The van der Waals surface area contributed by atoms with Gasteiger partial charge in [-0.05, 0) is 53.8 Å². The standard InChI is InChI=1S/C30H28BrNS/c31-27-16-18-28(19-17-27)33-29-20-22-32(23-21-29)30(24-10-4-1-5-11-24,25-12-6-2-7-13-25)26-14-8-3-9-15-26/h1-19,29H,20-23H2. The minimum absolute atomic E-state index is 0.295. The summed E-state index contributed by atoms with van der Waals surface area (Å²) in [5.74, 6) is 0. The van der Waals surface area contributed by atoms with Crippen LogP contribution in [0.15, 0.2) is 125 Å². The molecule has 1 saturated heterocycles. The highest BCUT2D eigenvalue weighted by atomic mass is 79.9. The Hall–Kier alpha value is -2.33. The smallest absolute Gasteiger partial charge is 0.0972 e. The number of nitrogens with zero attached hydrogens (tertiary/aromatic N) is 1. The first-order valence-electron chi connectivity index (χ1n) is 11.6. The monoisotopic (exact) mass is 513 g/mol. The minimum atomic E-state index is -0.295. The van der Waals surface area contributed by atoms with Crippen molar-refractivity contribution in [1.29, 1.82) is 0 Å². The number of benzene rings is 4. The number of rotatable bonds is 6. The summed E-state index contributed by atoms with van der Waals surface area (Å²) >= 11 is 5.58. The van der Waals surface area contributed by atoms with Crippen LogP contribution in [0.25, 0.3) is 0 Å². The van der Waals surface area contributed by atoms with E-state index in [1.165, 1.54) is 34.4 Å². The second-order valence-electron chi connectivity index (χ2n) is 8.57. The van der Waals surface area contributed by atoms with E-state index in [0.717, 1.165) is 17.6 Å². The van der Waals surface area contributed by atoms with Crippen LogP contribution in [0, 0.1) is 0 Å². The number of halogens is 1. The molecule has 0 aromatic heterocycles. The summed E-state index contributed by atoms with van der Waals surface area (Å²) in [6.45, 7) is 2.12. The maximum Gasteiger partial charge on any atom is 0.0972 e. The quantitative estimate of drug-likeness (QED) is 0.240. The third-order valence-electron chi connectivity index (χ3n) is 6.61. The molecule has 1 fully saturated rings. The molecule has 3 heteroatoms. The molecule has 5 rings (SSSR count). The fourth-order valence-electron chi connectivity index (χ4n) is 5.10. The first kappa shape index (κ1) is 22.5. The van der Waals surface area contributed by atoms with Crippen LogP contribution in [-0.2, 0) is 5.54 Å². The van der Waals surface area contributed by atoms with Crippen molar-refractivity contribution in [3.8, 4) is 0 Å². The van der Waals surface area contributed by atoms with Crippen molar-refractivity contribution < 1.29 is 0 Å². The molecule has 0 aliphatic carbocycles. The Morgan fingerprint density at radius 1 is 0.606 bits per heavy atom. The van der Waals surface area contributed by atoms with Crippen molar-refractivity contribution in [3.63, 3.8) is 0 Å². The molecule has 0 spiro atoms. The molecule has 33 heavy (non-hydrogen) atoms. The fourth-order valence-corrected chi connectivity index (χ4v) is 6.49.